The van der Waals surface area contributed by atoms with E-state index in [1.54, 1.807) is 35.2 Å². The number of hydrogen-bond acceptors (Lipinski definition) is 7. The van der Waals surface area contributed by atoms with Crippen LogP contribution >= 0.6 is 0 Å². The van der Waals surface area contributed by atoms with Crippen molar-refractivity contribution in [2.45, 2.75) is 24.9 Å². The molecule has 168 valence electrons. The van der Waals surface area contributed by atoms with Crippen molar-refractivity contribution >= 4 is 17.7 Å². The molecule has 1 amide bonds. The average molecular weight is 439 g/mol. The number of hydrogen-bond donors (Lipinski definition) is 0. The zero-order valence-corrected chi connectivity index (χ0v) is 18.3. The number of amides is 1. The topological polar surface area (TPSA) is 91.4 Å². The molecule has 2 aromatic rings. The number of nitrogens with zero attached hydrogens (tertiary/aromatic N) is 1. The largest absolute Gasteiger partial charge is 0.493 e. The number of ketones is 1. The molecule has 2 heterocycles. The van der Waals surface area contributed by atoms with Crippen LogP contribution in [0.25, 0.3) is 0 Å². The second-order valence-electron chi connectivity index (χ2n) is 7.93. The Hall–Kier alpha value is -3.55. The zero-order chi connectivity index (χ0) is 22.9. The molecule has 8 nitrogen and oxygen atoms in total. The molecule has 0 saturated carbocycles. The number of fused-ring (bicyclic) bond motifs is 1. The summed E-state index contributed by atoms with van der Waals surface area (Å²) in [6.07, 6.45) is 1.25. The fourth-order valence-corrected chi connectivity index (χ4v) is 4.34. The number of esters is 1. The highest BCUT2D eigenvalue weighted by atomic mass is 16.5. The molecule has 0 radical (unpaired) electrons. The molecule has 2 aliphatic heterocycles. The lowest BCUT2D eigenvalue weighted by Crippen LogP contribution is -2.52. The molecule has 1 saturated heterocycles. The number of Topliss-reactive ketones (excluding diaryl/α,β-unsaturated/α-hetero) is 1. The van der Waals surface area contributed by atoms with E-state index in [1.807, 2.05) is 0 Å². The maximum Gasteiger partial charge on any atom is 0.337 e. The van der Waals surface area contributed by atoms with E-state index in [0.29, 0.717) is 59.9 Å². The third kappa shape index (κ3) is 3.77. The van der Waals surface area contributed by atoms with E-state index < -0.39 is 11.6 Å². The lowest BCUT2D eigenvalue weighted by molar-refractivity contribution is -0.00746. The first-order valence-electron chi connectivity index (χ1n) is 10.4. The first-order valence-corrected chi connectivity index (χ1v) is 10.4. The first kappa shape index (κ1) is 21.7. The van der Waals surface area contributed by atoms with E-state index in [4.69, 9.17) is 18.9 Å². The fourth-order valence-electron chi connectivity index (χ4n) is 4.34. The van der Waals surface area contributed by atoms with Gasteiger partial charge in [-0.25, -0.2) is 4.79 Å². The highest BCUT2D eigenvalue weighted by Gasteiger charge is 2.45. The highest BCUT2D eigenvalue weighted by molar-refractivity contribution is 6.02. The Kier molecular flexibility index (Phi) is 5.78. The molecule has 32 heavy (non-hydrogen) atoms. The summed E-state index contributed by atoms with van der Waals surface area (Å²) in [4.78, 5) is 39.4. The van der Waals surface area contributed by atoms with Crippen LogP contribution in [0.3, 0.4) is 0 Å². The zero-order valence-electron chi connectivity index (χ0n) is 18.3. The summed E-state index contributed by atoms with van der Waals surface area (Å²) >= 11 is 0. The number of ether oxygens (including phenoxy) is 4. The molecule has 0 aliphatic carbocycles. The minimum atomic E-state index is -0.700. The van der Waals surface area contributed by atoms with Crippen LogP contribution in [-0.2, 0) is 4.74 Å². The van der Waals surface area contributed by atoms with Gasteiger partial charge in [0.15, 0.2) is 17.3 Å². The molecular weight excluding hydrogens is 414 g/mol. The molecular formula is C24H25NO7. The third-order valence-electron chi connectivity index (χ3n) is 6.09. The predicted octanol–water partition coefficient (Wildman–Crippen LogP) is 3.13. The number of likely N-dealkylation sites (tertiary alicyclic amines) is 1. The van der Waals surface area contributed by atoms with Crippen molar-refractivity contribution in [3.63, 3.8) is 0 Å². The van der Waals surface area contributed by atoms with Gasteiger partial charge in [-0.2, -0.15) is 0 Å². The SMILES string of the molecule is COC(=O)c1cccc(C(=O)N2CCC3(CC2)CC(=O)c2ccc(OC)c(OC)c2O3)c1. The monoisotopic (exact) mass is 439 g/mol. The number of rotatable bonds is 4. The smallest absolute Gasteiger partial charge is 0.337 e. The molecule has 2 aliphatic rings. The van der Waals surface area contributed by atoms with Crippen LogP contribution in [0.15, 0.2) is 36.4 Å². The van der Waals surface area contributed by atoms with Crippen LogP contribution in [0.5, 0.6) is 17.2 Å². The van der Waals surface area contributed by atoms with Crippen molar-refractivity contribution < 1.29 is 33.3 Å². The van der Waals surface area contributed by atoms with Crippen LogP contribution < -0.4 is 14.2 Å². The van der Waals surface area contributed by atoms with Gasteiger partial charge in [-0.3, -0.25) is 9.59 Å². The van der Waals surface area contributed by atoms with Crippen LogP contribution in [0, 0.1) is 0 Å². The second kappa shape index (κ2) is 8.53. The van der Waals surface area contributed by atoms with Gasteiger partial charge in [-0.15, -0.1) is 0 Å². The fraction of sp³-hybridized carbons (Fsp3) is 0.375. The highest BCUT2D eigenvalue weighted by Crippen LogP contribution is 2.47. The van der Waals surface area contributed by atoms with Gasteiger partial charge in [-0.05, 0) is 30.3 Å². The van der Waals surface area contributed by atoms with Crippen molar-refractivity contribution in [2.24, 2.45) is 0 Å². The summed E-state index contributed by atoms with van der Waals surface area (Å²) in [7, 11) is 4.34. The van der Waals surface area contributed by atoms with Crippen molar-refractivity contribution in [3.8, 4) is 17.2 Å². The summed E-state index contributed by atoms with van der Waals surface area (Å²) in [5.41, 5.74) is 0.521. The van der Waals surface area contributed by atoms with Crippen LogP contribution in [0.4, 0.5) is 0 Å². The molecule has 1 spiro atoms. The van der Waals surface area contributed by atoms with Gasteiger partial charge in [0.25, 0.3) is 5.91 Å². The minimum Gasteiger partial charge on any atom is -0.493 e. The van der Waals surface area contributed by atoms with E-state index >= 15 is 0 Å². The molecule has 0 bridgehead atoms. The Morgan fingerprint density at radius 1 is 1.00 bits per heavy atom. The Labute approximate surface area is 186 Å². The molecule has 2 aromatic carbocycles. The van der Waals surface area contributed by atoms with Gasteiger partial charge in [0.1, 0.15) is 5.60 Å². The molecule has 0 atom stereocenters. The Morgan fingerprint density at radius 2 is 1.72 bits per heavy atom. The lowest BCUT2D eigenvalue weighted by atomic mass is 9.82. The van der Waals surface area contributed by atoms with E-state index in [9.17, 15) is 14.4 Å². The molecule has 0 N–H and O–H groups in total. The van der Waals surface area contributed by atoms with E-state index in [1.165, 1.54) is 27.4 Å². The van der Waals surface area contributed by atoms with E-state index in [0.717, 1.165) is 0 Å². The quantitative estimate of drug-likeness (QED) is 0.676. The van der Waals surface area contributed by atoms with Crippen molar-refractivity contribution in [1.82, 2.24) is 4.90 Å². The lowest BCUT2D eigenvalue weighted by Gasteiger charge is -2.44. The summed E-state index contributed by atoms with van der Waals surface area (Å²) in [5.74, 6) is 0.609. The second-order valence-corrected chi connectivity index (χ2v) is 7.93. The first-order chi connectivity index (χ1) is 15.4. The van der Waals surface area contributed by atoms with Crippen molar-refractivity contribution in [3.05, 3.63) is 53.1 Å². The van der Waals surface area contributed by atoms with Gasteiger partial charge in [0.2, 0.25) is 5.75 Å². The van der Waals surface area contributed by atoms with E-state index in [-0.39, 0.29) is 18.1 Å². The average Bonchev–Trinajstić information content (AvgIpc) is 2.82. The van der Waals surface area contributed by atoms with Crippen LogP contribution in [0.2, 0.25) is 0 Å². The van der Waals surface area contributed by atoms with Gasteiger partial charge in [0.05, 0.1) is 38.9 Å². The summed E-state index contributed by atoms with van der Waals surface area (Å²) in [5, 5.41) is 0. The van der Waals surface area contributed by atoms with Crippen molar-refractivity contribution in [2.75, 3.05) is 34.4 Å². The Morgan fingerprint density at radius 3 is 2.38 bits per heavy atom. The maximum atomic E-state index is 13.0. The number of benzene rings is 2. The van der Waals surface area contributed by atoms with Crippen LogP contribution in [-0.4, -0.2) is 62.6 Å². The number of carbonyl (C=O) groups is 3. The van der Waals surface area contributed by atoms with E-state index in [2.05, 4.69) is 0 Å². The molecule has 0 aromatic heterocycles. The van der Waals surface area contributed by atoms with Gasteiger partial charge in [-0.1, -0.05) is 6.07 Å². The third-order valence-corrected chi connectivity index (χ3v) is 6.09. The van der Waals surface area contributed by atoms with Gasteiger partial charge < -0.3 is 23.8 Å². The Bertz CT molecular complexity index is 1070. The summed E-state index contributed by atoms with van der Waals surface area (Å²) in [6.45, 7) is 0.854. The van der Waals surface area contributed by atoms with Gasteiger partial charge >= 0.3 is 5.97 Å². The Balaban J connectivity index is 1.52. The summed E-state index contributed by atoms with van der Waals surface area (Å²) in [6, 6.07) is 9.86. The van der Waals surface area contributed by atoms with Crippen molar-refractivity contribution in [1.29, 1.82) is 0 Å². The number of piperidine rings is 1. The normalized spacial score (nSPS) is 16.7. The molecule has 4 rings (SSSR count). The van der Waals surface area contributed by atoms with Gasteiger partial charge in [0, 0.05) is 31.5 Å². The molecule has 1 fully saturated rings. The predicted molar refractivity (Wildman–Crippen MR) is 115 cm³/mol. The molecule has 0 unspecified atom stereocenters. The molecule has 8 heteroatoms. The van der Waals surface area contributed by atoms with Crippen LogP contribution in [0.1, 0.15) is 50.3 Å². The maximum absolute atomic E-state index is 13.0. The standard InChI is InChI=1S/C24H25NO7/c1-29-19-8-7-17-18(26)14-24(32-20(17)21(19)30-2)9-11-25(12-10-24)22(27)15-5-4-6-16(13-15)23(28)31-3/h4-8,13H,9-12,14H2,1-3H3. The summed E-state index contributed by atoms with van der Waals surface area (Å²) < 4.78 is 21.9. The number of carbonyl (C=O) groups excluding carboxylic acids is 3. The number of methoxy groups -OCH3 is 3. The minimum absolute atomic E-state index is 0.0160.